The van der Waals surface area contributed by atoms with Gasteiger partial charge in [0, 0.05) is 6.20 Å². The first-order valence-electron chi connectivity index (χ1n) is 3.09. The van der Waals surface area contributed by atoms with E-state index < -0.39 is 0 Å². The van der Waals surface area contributed by atoms with E-state index in [1.807, 2.05) is 0 Å². The van der Waals surface area contributed by atoms with E-state index in [0.29, 0.717) is 5.84 Å². The predicted octanol–water partition coefficient (Wildman–Crippen LogP) is 0.0195. The number of amidine groups is 1. The Morgan fingerprint density at radius 3 is 3.09 bits per heavy atom. The molecule has 2 heterocycles. The quantitative estimate of drug-likeness (QED) is 0.641. The first-order chi connectivity index (χ1) is 5.36. The number of thiazole rings is 1. The number of nitrogens with zero attached hydrogens (tertiary/aromatic N) is 2. The third-order valence-corrected chi connectivity index (χ3v) is 2.08. The Kier molecular flexibility index (Phi) is 1.43. The zero-order valence-corrected chi connectivity index (χ0v) is 6.39. The van der Waals surface area contributed by atoms with E-state index in [-0.39, 0.29) is 12.5 Å². The fourth-order valence-corrected chi connectivity index (χ4v) is 1.42. The van der Waals surface area contributed by atoms with Crippen LogP contribution in [-0.4, -0.2) is 23.3 Å². The molecule has 1 N–H and O–H groups in total. The van der Waals surface area contributed by atoms with Gasteiger partial charge < -0.3 is 5.32 Å². The van der Waals surface area contributed by atoms with Crippen molar-refractivity contribution in [1.29, 1.82) is 0 Å². The maximum atomic E-state index is 10.7. The monoisotopic (exact) mass is 167 g/mol. The lowest BCUT2D eigenvalue weighted by molar-refractivity contribution is -0.117. The Balaban J connectivity index is 2.26. The summed E-state index contributed by atoms with van der Waals surface area (Å²) in [5.41, 5.74) is 1.71. The standard InChI is InChI=1S/C6H5N3OS/c10-5-2-8-6(9-5)4-1-7-3-11-4/h1,3H,2H2,(H,8,9,10). The molecule has 1 aromatic heterocycles. The number of carbonyl (C=O) groups excluding carboxylic acids is 1. The zero-order valence-electron chi connectivity index (χ0n) is 5.57. The number of amides is 1. The Hall–Kier alpha value is -1.23. The molecular formula is C6H5N3OS. The van der Waals surface area contributed by atoms with Gasteiger partial charge in [0.1, 0.15) is 12.4 Å². The average Bonchev–Trinajstić information content (AvgIpc) is 2.55. The number of aliphatic imine (C=N–C) groups is 1. The summed E-state index contributed by atoms with van der Waals surface area (Å²) in [6, 6.07) is 0. The normalized spacial score (nSPS) is 16.4. The third-order valence-electron chi connectivity index (χ3n) is 1.30. The smallest absolute Gasteiger partial charge is 0.247 e. The molecule has 56 valence electrons. The van der Waals surface area contributed by atoms with Crippen molar-refractivity contribution >= 4 is 23.1 Å². The molecule has 0 aromatic carbocycles. The van der Waals surface area contributed by atoms with Crippen LogP contribution in [0.3, 0.4) is 0 Å². The maximum absolute atomic E-state index is 10.7. The Morgan fingerprint density at radius 1 is 1.64 bits per heavy atom. The summed E-state index contributed by atoms with van der Waals surface area (Å²) in [5, 5.41) is 2.64. The topological polar surface area (TPSA) is 54.4 Å². The second-order valence-electron chi connectivity index (χ2n) is 2.08. The van der Waals surface area contributed by atoms with Crippen LogP contribution in [0.2, 0.25) is 0 Å². The molecule has 2 rings (SSSR count). The van der Waals surface area contributed by atoms with Crippen molar-refractivity contribution in [2.24, 2.45) is 4.99 Å². The van der Waals surface area contributed by atoms with Gasteiger partial charge in [0.15, 0.2) is 0 Å². The van der Waals surface area contributed by atoms with Crippen LogP contribution in [-0.2, 0) is 4.79 Å². The number of nitrogens with one attached hydrogen (secondary N) is 1. The first kappa shape index (κ1) is 6.48. The molecule has 0 aliphatic carbocycles. The van der Waals surface area contributed by atoms with Crippen LogP contribution in [0.1, 0.15) is 4.88 Å². The highest BCUT2D eigenvalue weighted by Crippen LogP contribution is 2.07. The van der Waals surface area contributed by atoms with Crippen molar-refractivity contribution in [3.05, 3.63) is 16.6 Å². The molecular weight excluding hydrogens is 162 g/mol. The molecule has 1 aliphatic rings. The van der Waals surface area contributed by atoms with E-state index in [1.165, 1.54) is 11.3 Å². The second kappa shape index (κ2) is 2.43. The van der Waals surface area contributed by atoms with Gasteiger partial charge in [-0.15, -0.1) is 11.3 Å². The summed E-state index contributed by atoms with van der Waals surface area (Å²) in [5.74, 6) is 0.603. The highest BCUT2D eigenvalue weighted by atomic mass is 32.1. The summed E-state index contributed by atoms with van der Waals surface area (Å²) >= 11 is 1.47. The molecule has 5 heteroatoms. The molecule has 0 fully saturated rings. The van der Waals surface area contributed by atoms with Crippen LogP contribution in [0, 0.1) is 0 Å². The Bertz CT molecular complexity index is 304. The van der Waals surface area contributed by atoms with Crippen molar-refractivity contribution in [2.75, 3.05) is 6.54 Å². The van der Waals surface area contributed by atoms with Gasteiger partial charge in [-0.2, -0.15) is 0 Å². The highest BCUT2D eigenvalue weighted by molar-refractivity contribution is 7.11. The zero-order chi connectivity index (χ0) is 7.68. The van der Waals surface area contributed by atoms with Crippen LogP contribution in [0.5, 0.6) is 0 Å². The molecule has 0 saturated carbocycles. The van der Waals surface area contributed by atoms with Crippen LogP contribution in [0.25, 0.3) is 0 Å². The largest absolute Gasteiger partial charge is 0.308 e. The van der Waals surface area contributed by atoms with E-state index in [0.717, 1.165) is 4.88 Å². The molecule has 1 aromatic rings. The van der Waals surface area contributed by atoms with E-state index in [2.05, 4.69) is 15.3 Å². The van der Waals surface area contributed by atoms with Crippen LogP contribution < -0.4 is 5.32 Å². The lowest BCUT2D eigenvalue weighted by Gasteiger charge is -1.92. The Morgan fingerprint density at radius 2 is 2.55 bits per heavy atom. The number of hydrogen-bond donors (Lipinski definition) is 1. The fraction of sp³-hybridized carbons (Fsp3) is 0.167. The van der Waals surface area contributed by atoms with Gasteiger partial charge in [-0.05, 0) is 0 Å². The summed E-state index contributed by atoms with van der Waals surface area (Å²) in [4.78, 5) is 19.5. The van der Waals surface area contributed by atoms with Crippen LogP contribution in [0.15, 0.2) is 16.7 Å². The average molecular weight is 167 g/mol. The number of aromatic nitrogens is 1. The summed E-state index contributed by atoms with van der Waals surface area (Å²) < 4.78 is 0. The van der Waals surface area contributed by atoms with Crippen LogP contribution >= 0.6 is 11.3 Å². The molecule has 0 atom stereocenters. The van der Waals surface area contributed by atoms with E-state index in [4.69, 9.17) is 0 Å². The molecule has 0 bridgehead atoms. The molecule has 0 unspecified atom stereocenters. The van der Waals surface area contributed by atoms with Crippen molar-refractivity contribution < 1.29 is 4.79 Å². The number of hydrogen-bond acceptors (Lipinski definition) is 4. The molecule has 1 amide bonds. The van der Waals surface area contributed by atoms with E-state index in [1.54, 1.807) is 11.7 Å². The summed E-state index contributed by atoms with van der Waals surface area (Å²) in [7, 11) is 0. The molecule has 0 spiro atoms. The summed E-state index contributed by atoms with van der Waals surface area (Å²) in [6.07, 6.45) is 1.69. The summed E-state index contributed by atoms with van der Waals surface area (Å²) in [6.45, 7) is 0.243. The number of rotatable bonds is 1. The minimum Gasteiger partial charge on any atom is -0.308 e. The van der Waals surface area contributed by atoms with Crippen molar-refractivity contribution in [3.8, 4) is 0 Å². The van der Waals surface area contributed by atoms with E-state index in [9.17, 15) is 4.79 Å². The van der Waals surface area contributed by atoms with Crippen LogP contribution in [0.4, 0.5) is 0 Å². The third kappa shape index (κ3) is 1.14. The highest BCUT2D eigenvalue weighted by Gasteiger charge is 2.15. The van der Waals surface area contributed by atoms with Crippen molar-refractivity contribution in [2.45, 2.75) is 0 Å². The first-order valence-corrected chi connectivity index (χ1v) is 3.97. The van der Waals surface area contributed by atoms with Gasteiger partial charge in [0.05, 0.1) is 10.4 Å². The molecule has 11 heavy (non-hydrogen) atoms. The SMILES string of the molecule is O=C1CN=C(c2cncs2)N1. The van der Waals surface area contributed by atoms with Crippen molar-refractivity contribution in [1.82, 2.24) is 10.3 Å². The predicted molar refractivity (Wildman–Crippen MR) is 41.7 cm³/mol. The second-order valence-corrected chi connectivity index (χ2v) is 2.97. The molecule has 0 radical (unpaired) electrons. The Labute approximate surface area is 67.0 Å². The van der Waals surface area contributed by atoms with Gasteiger partial charge >= 0.3 is 0 Å². The molecule has 0 saturated heterocycles. The maximum Gasteiger partial charge on any atom is 0.247 e. The number of carbonyl (C=O) groups is 1. The lowest BCUT2D eigenvalue weighted by Crippen LogP contribution is -2.24. The van der Waals surface area contributed by atoms with Gasteiger partial charge in [-0.25, -0.2) is 0 Å². The van der Waals surface area contributed by atoms with Crippen molar-refractivity contribution in [3.63, 3.8) is 0 Å². The van der Waals surface area contributed by atoms with Gasteiger partial charge in [-0.1, -0.05) is 0 Å². The molecule has 1 aliphatic heterocycles. The van der Waals surface area contributed by atoms with Gasteiger partial charge in [0.2, 0.25) is 5.91 Å². The minimum atomic E-state index is -0.0478. The fourth-order valence-electron chi connectivity index (χ4n) is 0.834. The molecule has 4 nitrogen and oxygen atoms in total. The van der Waals surface area contributed by atoms with Gasteiger partial charge in [-0.3, -0.25) is 14.8 Å². The lowest BCUT2D eigenvalue weighted by atomic mass is 10.5. The minimum absolute atomic E-state index is 0.0478. The van der Waals surface area contributed by atoms with E-state index >= 15 is 0 Å². The van der Waals surface area contributed by atoms with Gasteiger partial charge in [0.25, 0.3) is 0 Å².